The van der Waals surface area contributed by atoms with Gasteiger partial charge in [-0.05, 0) is 17.3 Å². The third-order valence-electron chi connectivity index (χ3n) is 1.99. The monoisotopic (exact) mass is 186 g/mol. The highest BCUT2D eigenvalue weighted by Gasteiger charge is 2.03. The molecule has 3 aromatic rings. The van der Waals surface area contributed by atoms with Crippen LogP contribution in [0.15, 0.2) is 30.7 Å². The molecule has 0 bridgehead atoms. The summed E-state index contributed by atoms with van der Waals surface area (Å²) in [6, 6.07) is 3.82. The van der Waals surface area contributed by atoms with E-state index in [2.05, 4.69) is 25.6 Å². The van der Waals surface area contributed by atoms with Crippen molar-refractivity contribution in [1.82, 2.24) is 30.0 Å². The maximum atomic E-state index is 4.14. The Balaban J connectivity index is 2.23. The van der Waals surface area contributed by atoms with Gasteiger partial charge in [-0.15, -0.1) is 10.2 Å². The third kappa shape index (κ3) is 0.972. The Hall–Kier alpha value is -2.24. The molecule has 0 saturated heterocycles. The Morgan fingerprint density at radius 1 is 1.29 bits per heavy atom. The van der Waals surface area contributed by atoms with Gasteiger partial charge in [-0.3, -0.25) is 0 Å². The predicted molar refractivity (Wildman–Crippen MR) is 48.4 cm³/mol. The zero-order chi connectivity index (χ0) is 9.38. The normalized spacial score (nSPS) is 10.9. The standard InChI is InChI=1S/C8H6N6/c1-2-7-9-3-4-14(7)5-6(1)8-10-12-13-11-8/h1-5H,(H,10,11,12,13). The second kappa shape index (κ2) is 2.63. The second-order valence-electron chi connectivity index (χ2n) is 2.85. The molecule has 0 aliphatic heterocycles. The molecule has 68 valence electrons. The van der Waals surface area contributed by atoms with Gasteiger partial charge in [0.25, 0.3) is 0 Å². The quantitative estimate of drug-likeness (QED) is 0.601. The summed E-state index contributed by atoms with van der Waals surface area (Å²) in [7, 11) is 0. The average molecular weight is 186 g/mol. The van der Waals surface area contributed by atoms with E-state index in [0.29, 0.717) is 5.82 Å². The van der Waals surface area contributed by atoms with Crippen LogP contribution < -0.4 is 0 Å². The minimum atomic E-state index is 0.584. The molecule has 6 nitrogen and oxygen atoms in total. The van der Waals surface area contributed by atoms with Gasteiger partial charge < -0.3 is 4.40 Å². The summed E-state index contributed by atoms with van der Waals surface area (Å²) in [6.45, 7) is 0. The first-order chi connectivity index (χ1) is 6.93. The molecular weight excluding hydrogens is 180 g/mol. The summed E-state index contributed by atoms with van der Waals surface area (Å²) in [6.07, 6.45) is 5.53. The number of tetrazole rings is 1. The van der Waals surface area contributed by atoms with Crippen LogP contribution in [0.3, 0.4) is 0 Å². The molecule has 0 radical (unpaired) electrons. The number of aromatic amines is 1. The van der Waals surface area contributed by atoms with Crippen molar-refractivity contribution in [2.75, 3.05) is 0 Å². The van der Waals surface area contributed by atoms with Crippen molar-refractivity contribution >= 4 is 5.65 Å². The molecular formula is C8H6N6. The highest BCUT2D eigenvalue weighted by molar-refractivity contribution is 5.56. The van der Waals surface area contributed by atoms with Crippen LogP contribution in [0.4, 0.5) is 0 Å². The molecule has 0 aliphatic carbocycles. The molecule has 0 unspecified atom stereocenters. The van der Waals surface area contributed by atoms with Gasteiger partial charge in [-0.25, -0.2) is 4.98 Å². The largest absolute Gasteiger partial charge is 0.306 e. The fraction of sp³-hybridized carbons (Fsp3) is 0. The maximum Gasteiger partial charge on any atom is 0.206 e. The molecule has 3 aromatic heterocycles. The lowest BCUT2D eigenvalue weighted by atomic mass is 10.3. The van der Waals surface area contributed by atoms with Crippen molar-refractivity contribution in [2.24, 2.45) is 0 Å². The van der Waals surface area contributed by atoms with Gasteiger partial charge in [0.05, 0.1) is 0 Å². The fourth-order valence-corrected chi connectivity index (χ4v) is 1.34. The zero-order valence-electron chi connectivity index (χ0n) is 7.12. The molecule has 0 amide bonds. The van der Waals surface area contributed by atoms with E-state index in [1.54, 1.807) is 6.20 Å². The molecule has 0 fully saturated rings. The van der Waals surface area contributed by atoms with Gasteiger partial charge in [0.1, 0.15) is 5.65 Å². The molecule has 14 heavy (non-hydrogen) atoms. The number of nitrogens with one attached hydrogen (secondary N) is 1. The average Bonchev–Trinajstić information content (AvgIpc) is 2.88. The van der Waals surface area contributed by atoms with Gasteiger partial charge in [0, 0.05) is 24.2 Å². The third-order valence-corrected chi connectivity index (χ3v) is 1.99. The Labute approximate surface area is 78.6 Å². The molecule has 0 aromatic carbocycles. The predicted octanol–water partition coefficient (Wildman–Crippen LogP) is 0.514. The smallest absolute Gasteiger partial charge is 0.206 e. The number of imidazole rings is 1. The number of H-pyrrole nitrogens is 1. The molecule has 0 spiro atoms. The van der Waals surface area contributed by atoms with Crippen LogP contribution in [-0.2, 0) is 0 Å². The summed E-state index contributed by atoms with van der Waals surface area (Å²) < 4.78 is 1.91. The lowest BCUT2D eigenvalue weighted by Gasteiger charge is -1.95. The first-order valence-electron chi connectivity index (χ1n) is 4.10. The number of fused-ring (bicyclic) bond motifs is 1. The maximum absolute atomic E-state index is 4.14. The summed E-state index contributed by atoms with van der Waals surface area (Å²) >= 11 is 0. The van der Waals surface area contributed by atoms with Crippen molar-refractivity contribution in [2.45, 2.75) is 0 Å². The van der Waals surface area contributed by atoms with E-state index in [-0.39, 0.29) is 0 Å². The van der Waals surface area contributed by atoms with Crippen molar-refractivity contribution in [3.63, 3.8) is 0 Å². The van der Waals surface area contributed by atoms with E-state index < -0.39 is 0 Å². The van der Waals surface area contributed by atoms with Gasteiger partial charge in [0.15, 0.2) is 0 Å². The minimum Gasteiger partial charge on any atom is -0.306 e. The van der Waals surface area contributed by atoms with Crippen LogP contribution in [0.1, 0.15) is 0 Å². The Kier molecular flexibility index (Phi) is 1.35. The van der Waals surface area contributed by atoms with E-state index >= 15 is 0 Å². The van der Waals surface area contributed by atoms with Crippen LogP contribution in [0.25, 0.3) is 17.0 Å². The van der Waals surface area contributed by atoms with Crippen LogP contribution in [0.2, 0.25) is 0 Å². The Bertz CT molecular complexity index is 552. The number of rotatable bonds is 1. The molecule has 0 aliphatic rings. The molecule has 0 saturated carbocycles. The molecule has 3 rings (SSSR count). The van der Waals surface area contributed by atoms with Crippen LogP contribution in [0, 0.1) is 0 Å². The molecule has 6 heteroatoms. The second-order valence-corrected chi connectivity index (χ2v) is 2.85. The highest BCUT2D eigenvalue weighted by atomic mass is 15.5. The Morgan fingerprint density at radius 3 is 3.14 bits per heavy atom. The van der Waals surface area contributed by atoms with Crippen molar-refractivity contribution in [1.29, 1.82) is 0 Å². The first-order valence-corrected chi connectivity index (χ1v) is 4.10. The Morgan fingerprint density at radius 2 is 2.29 bits per heavy atom. The zero-order valence-corrected chi connectivity index (χ0v) is 7.12. The highest BCUT2D eigenvalue weighted by Crippen LogP contribution is 2.13. The fourth-order valence-electron chi connectivity index (χ4n) is 1.34. The topological polar surface area (TPSA) is 71.8 Å². The van der Waals surface area contributed by atoms with Gasteiger partial charge in [0.2, 0.25) is 5.82 Å². The van der Waals surface area contributed by atoms with Crippen molar-refractivity contribution < 1.29 is 0 Å². The number of hydrogen-bond acceptors (Lipinski definition) is 4. The van der Waals surface area contributed by atoms with E-state index in [9.17, 15) is 0 Å². The number of hydrogen-bond donors (Lipinski definition) is 1. The van der Waals surface area contributed by atoms with Crippen LogP contribution in [-0.4, -0.2) is 30.0 Å². The molecule has 1 N–H and O–H groups in total. The van der Waals surface area contributed by atoms with Crippen LogP contribution >= 0.6 is 0 Å². The van der Waals surface area contributed by atoms with Gasteiger partial charge in [-0.1, -0.05) is 0 Å². The summed E-state index contributed by atoms with van der Waals surface area (Å²) in [5, 5.41) is 13.7. The summed E-state index contributed by atoms with van der Waals surface area (Å²) in [5.41, 5.74) is 1.81. The summed E-state index contributed by atoms with van der Waals surface area (Å²) in [5.74, 6) is 0.584. The number of aromatic nitrogens is 6. The van der Waals surface area contributed by atoms with Crippen molar-refractivity contribution in [3.8, 4) is 11.4 Å². The van der Waals surface area contributed by atoms with E-state index in [4.69, 9.17) is 0 Å². The lowest BCUT2D eigenvalue weighted by molar-refractivity contribution is 0.881. The van der Waals surface area contributed by atoms with Gasteiger partial charge in [-0.2, -0.15) is 5.21 Å². The minimum absolute atomic E-state index is 0.584. The molecule has 3 heterocycles. The lowest BCUT2D eigenvalue weighted by Crippen LogP contribution is -1.87. The van der Waals surface area contributed by atoms with E-state index in [1.165, 1.54) is 0 Å². The molecule has 0 atom stereocenters. The summed E-state index contributed by atoms with van der Waals surface area (Å²) in [4.78, 5) is 4.14. The van der Waals surface area contributed by atoms with Crippen molar-refractivity contribution in [3.05, 3.63) is 30.7 Å². The van der Waals surface area contributed by atoms with Gasteiger partial charge >= 0.3 is 0 Å². The first kappa shape index (κ1) is 7.19. The van der Waals surface area contributed by atoms with E-state index in [1.807, 2.05) is 28.9 Å². The number of nitrogens with zero attached hydrogens (tertiary/aromatic N) is 5. The SMILES string of the molecule is c1cn2cc(-c3nn[nH]n3)ccc2n1. The van der Waals surface area contributed by atoms with Crippen LogP contribution in [0.5, 0.6) is 0 Å². The van der Waals surface area contributed by atoms with E-state index in [0.717, 1.165) is 11.2 Å². The number of pyridine rings is 1.